The van der Waals surface area contributed by atoms with Crippen LogP contribution in [0.4, 0.5) is 0 Å². The molecule has 3 atom stereocenters. The largest absolute Gasteiger partial charge is 0.456 e. The average molecular weight is 264 g/mol. The SMILES string of the molecule is C=C(C)C(=O)OC12CC(C)CC(C)(CC(C)(C)C1)C2. The van der Waals surface area contributed by atoms with Crippen LogP contribution in [0.1, 0.15) is 66.7 Å². The van der Waals surface area contributed by atoms with Gasteiger partial charge in [-0.25, -0.2) is 4.79 Å². The first-order valence-corrected chi connectivity index (χ1v) is 7.44. The molecule has 2 nitrogen and oxygen atoms in total. The van der Waals surface area contributed by atoms with Crippen molar-refractivity contribution in [1.82, 2.24) is 0 Å². The molecule has 2 aliphatic rings. The first-order valence-electron chi connectivity index (χ1n) is 7.44. The van der Waals surface area contributed by atoms with Gasteiger partial charge in [-0.05, 0) is 55.8 Å². The molecule has 0 radical (unpaired) electrons. The second kappa shape index (κ2) is 4.36. The molecule has 0 saturated heterocycles. The number of ether oxygens (including phenoxy) is 1. The van der Waals surface area contributed by atoms with E-state index < -0.39 is 0 Å². The predicted octanol–water partition coefficient (Wildman–Crippen LogP) is 4.49. The molecule has 2 fully saturated rings. The molecule has 0 N–H and O–H groups in total. The van der Waals surface area contributed by atoms with Gasteiger partial charge in [-0.1, -0.05) is 34.3 Å². The van der Waals surface area contributed by atoms with Crippen LogP contribution in [0.15, 0.2) is 12.2 Å². The second-order valence-electron chi connectivity index (χ2n) is 8.37. The summed E-state index contributed by atoms with van der Waals surface area (Å²) >= 11 is 0. The minimum atomic E-state index is -0.260. The van der Waals surface area contributed by atoms with Gasteiger partial charge in [0.05, 0.1) is 0 Å². The highest BCUT2D eigenvalue weighted by Crippen LogP contribution is 2.59. The number of carbonyl (C=O) groups is 1. The highest BCUT2D eigenvalue weighted by molar-refractivity contribution is 5.87. The fourth-order valence-electron chi connectivity index (χ4n) is 5.23. The summed E-state index contributed by atoms with van der Waals surface area (Å²) in [5.41, 5.74) is 0.819. The van der Waals surface area contributed by atoms with Gasteiger partial charge < -0.3 is 4.74 Å². The quantitative estimate of drug-likeness (QED) is 0.542. The van der Waals surface area contributed by atoms with Gasteiger partial charge in [0.15, 0.2) is 0 Å². The van der Waals surface area contributed by atoms with Gasteiger partial charge in [0.1, 0.15) is 5.60 Å². The van der Waals surface area contributed by atoms with E-state index in [0.29, 0.717) is 16.9 Å². The Kier molecular flexibility index (Phi) is 3.35. The predicted molar refractivity (Wildman–Crippen MR) is 77.8 cm³/mol. The zero-order valence-electron chi connectivity index (χ0n) is 13.1. The van der Waals surface area contributed by atoms with E-state index in [0.717, 1.165) is 19.3 Å². The molecule has 0 aliphatic heterocycles. The Morgan fingerprint density at radius 1 is 1.16 bits per heavy atom. The van der Waals surface area contributed by atoms with Crippen LogP contribution in [-0.4, -0.2) is 11.6 Å². The average Bonchev–Trinajstić information content (AvgIpc) is 2.09. The maximum Gasteiger partial charge on any atom is 0.333 e. The summed E-state index contributed by atoms with van der Waals surface area (Å²) in [7, 11) is 0. The molecule has 0 spiro atoms. The van der Waals surface area contributed by atoms with E-state index >= 15 is 0 Å². The van der Waals surface area contributed by atoms with Crippen LogP contribution in [0.5, 0.6) is 0 Å². The fourth-order valence-corrected chi connectivity index (χ4v) is 5.23. The molecule has 2 rings (SSSR count). The summed E-state index contributed by atoms with van der Waals surface area (Å²) in [5, 5.41) is 0. The highest BCUT2D eigenvalue weighted by atomic mass is 16.6. The van der Waals surface area contributed by atoms with Gasteiger partial charge in [-0.2, -0.15) is 0 Å². The summed E-state index contributed by atoms with van der Waals surface area (Å²) in [6.07, 6.45) is 5.50. The van der Waals surface area contributed by atoms with Gasteiger partial charge >= 0.3 is 5.97 Å². The minimum absolute atomic E-state index is 0.214. The van der Waals surface area contributed by atoms with Gasteiger partial charge in [-0.3, -0.25) is 0 Å². The molecule has 0 heterocycles. The molecule has 2 bridgehead atoms. The van der Waals surface area contributed by atoms with Gasteiger partial charge in [0.2, 0.25) is 0 Å². The Morgan fingerprint density at radius 2 is 1.79 bits per heavy atom. The van der Waals surface area contributed by atoms with E-state index in [1.54, 1.807) is 6.92 Å². The Morgan fingerprint density at radius 3 is 2.37 bits per heavy atom. The maximum absolute atomic E-state index is 12.0. The lowest BCUT2D eigenvalue weighted by Crippen LogP contribution is -2.54. The van der Waals surface area contributed by atoms with Crippen molar-refractivity contribution in [3.05, 3.63) is 12.2 Å². The van der Waals surface area contributed by atoms with Gasteiger partial charge in [-0.15, -0.1) is 0 Å². The molecule has 3 unspecified atom stereocenters. The molecule has 2 aliphatic carbocycles. The Labute approximate surface area is 117 Å². The van der Waals surface area contributed by atoms with E-state index in [2.05, 4.69) is 34.3 Å². The summed E-state index contributed by atoms with van der Waals surface area (Å²) in [4.78, 5) is 12.0. The molecule has 0 aromatic heterocycles. The van der Waals surface area contributed by atoms with Crippen LogP contribution < -0.4 is 0 Å². The molecule has 2 saturated carbocycles. The maximum atomic E-state index is 12.0. The summed E-state index contributed by atoms with van der Waals surface area (Å²) < 4.78 is 5.94. The first-order chi connectivity index (χ1) is 8.55. The number of rotatable bonds is 2. The zero-order valence-corrected chi connectivity index (χ0v) is 13.1. The van der Waals surface area contributed by atoms with Crippen molar-refractivity contribution in [3.8, 4) is 0 Å². The first kappa shape index (κ1) is 14.6. The molecule has 0 amide bonds. The molecule has 108 valence electrons. The van der Waals surface area contributed by atoms with Crippen molar-refractivity contribution in [2.75, 3.05) is 0 Å². The lowest BCUT2D eigenvalue weighted by Gasteiger charge is -2.57. The van der Waals surface area contributed by atoms with Crippen LogP contribution in [0.25, 0.3) is 0 Å². The van der Waals surface area contributed by atoms with Crippen molar-refractivity contribution in [1.29, 1.82) is 0 Å². The van der Waals surface area contributed by atoms with Gasteiger partial charge in [0, 0.05) is 5.57 Å². The summed E-state index contributed by atoms with van der Waals surface area (Å²) in [6.45, 7) is 14.7. The number of hydrogen-bond acceptors (Lipinski definition) is 2. The van der Waals surface area contributed by atoms with E-state index in [9.17, 15) is 4.79 Å². The minimum Gasteiger partial charge on any atom is -0.456 e. The van der Waals surface area contributed by atoms with Crippen LogP contribution in [-0.2, 0) is 9.53 Å². The summed E-state index contributed by atoms with van der Waals surface area (Å²) in [5.74, 6) is 0.418. The van der Waals surface area contributed by atoms with Crippen molar-refractivity contribution >= 4 is 5.97 Å². The normalized spacial score (nSPS) is 40.6. The number of fused-ring (bicyclic) bond motifs is 2. The fraction of sp³-hybridized carbons (Fsp3) is 0.824. The van der Waals surface area contributed by atoms with Crippen molar-refractivity contribution in [2.24, 2.45) is 16.7 Å². The molecule has 2 heteroatoms. The Hall–Kier alpha value is -0.790. The molecule has 19 heavy (non-hydrogen) atoms. The Balaban J connectivity index is 2.29. The molecule has 0 aromatic rings. The number of carbonyl (C=O) groups excluding carboxylic acids is 1. The smallest absolute Gasteiger partial charge is 0.333 e. The van der Waals surface area contributed by atoms with Crippen molar-refractivity contribution in [2.45, 2.75) is 72.3 Å². The van der Waals surface area contributed by atoms with E-state index in [1.165, 1.54) is 12.8 Å². The Bertz CT molecular complexity index is 405. The van der Waals surface area contributed by atoms with Gasteiger partial charge in [0.25, 0.3) is 0 Å². The van der Waals surface area contributed by atoms with Crippen LogP contribution >= 0.6 is 0 Å². The molecular formula is C17H28O2. The third-order valence-electron chi connectivity index (χ3n) is 4.67. The lowest BCUT2D eigenvalue weighted by atomic mass is 9.51. The standard InChI is InChI=1S/C17H28O2/c1-12(2)14(18)19-17-8-13(3)7-16(6,11-17)9-15(4,5)10-17/h13H,1,7-11H2,2-6H3. The number of hydrogen-bond donors (Lipinski definition) is 0. The molecular weight excluding hydrogens is 236 g/mol. The van der Waals surface area contributed by atoms with E-state index in [4.69, 9.17) is 4.74 Å². The second-order valence-corrected chi connectivity index (χ2v) is 8.37. The monoisotopic (exact) mass is 264 g/mol. The zero-order chi connectivity index (χ0) is 14.5. The van der Waals surface area contributed by atoms with Crippen LogP contribution in [0.3, 0.4) is 0 Å². The number of esters is 1. The van der Waals surface area contributed by atoms with Crippen LogP contribution in [0, 0.1) is 16.7 Å². The topological polar surface area (TPSA) is 26.3 Å². The van der Waals surface area contributed by atoms with Crippen molar-refractivity contribution < 1.29 is 9.53 Å². The third kappa shape index (κ3) is 3.04. The third-order valence-corrected chi connectivity index (χ3v) is 4.67. The highest BCUT2D eigenvalue weighted by Gasteiger charge is 2.55. The van der Waals surface area contributed by atoms with Crippen molar-refractivity contribution in [3.63, 3.8) is 0 Å². The summed E-state index contributed by atoms with van der Waals surface area (Å²) in [6, 6.07) is 0. The van der Waals surface area contributed by atoms with E-state index in [-0.39, 0.29) is 17.0 Å². The molecule has 0 aromatic carbocycles. The van der Waals surface area contributed by atoms with Crippen LogP contribution in [0.2, 0.25) is 0 Å². The van der Waals surface area contributed by atoms with E-state index in [1.807, 2.05) is 0 Å². The lowest BCUT2D eigenvalue weighted by molar-refractivity contribution is -0.186.